The summed E-state index contributed by atoms with van der Waals surface area (Å²) in [6.45, 7) is 1.95. The van der Waals surface area contributed by atoms with Crippen molar-refractivity contribution in [1.82, 2.24) is 19.7 Å². The molecule has 4 heterocycles. The molecule has 2 aliphatic heterocycles. The molecular formula is C21H14Cl3N5. The maximum Gasteiger partial charge on any atom is 0.164 e. The zero-order valence-electron chi connectivity index (χ0n) is 15.2. The van der Waals surface area contributed by atoms with Gasteiger partial charge in [-0.1, -0.05) is 59.1 Å². The van der Waals surface area contributed by atoms with E-state index in [9.17, 15) is 0 Å². The standard InChI is InChI=1S/C21H14Cl3N5/c1-12-17-18(16-9-5-6-10-25-16)28-19(24)14(22)11-15(23)20(28)26-21(17)29(27-12)13-7-3-2-4-8-13/h2-11,18H,1H3. The van der Waals surface area contributed by atoms with Gasteiger partial charge in [-0.3, -0.25) is 4.98 Å². The number of aliphatic imine (C=N–C) groups is 1. The maximum atomic E-state index is 6.63. The van der Waals surface area contributed by atoms with Crippen LogP contribution in [0.25, 0.3) is 5.69 Å². The lowest BCUT2D eigenvalue weighted by atomic mass is 9.98. The lowest BCUT2D eigenvalue weighted by Crippen LogP contribution is -2.38. The molecule has 3 aromatic rings. The molecule has 1 aromatic carbocycles. The molecule has 0 saturated carbocycles. The summed E-state index contributed by atoms with van der Waals surface area (Å²) in [6, 6.07) is 15.2. The highest BCUT2D eigenvalue weighted by atomic mass is 35.5. The lowest BCUT2D eigenvalue weighted by molar-refractivity contribution is 0.439. The van der Waals surface area contributed by atoms with Gasteiger partial charge in [-0.25, -0.2) is 9.67 Å². The van der Waals surface area contributed by atoms with Gasteiger partial charge in [0.25, 0.3) is 0 Å². The van der Waals surface area contributed by atoms with Gasteiger partial charge in [-0.05, 0) is 37.3 Å². The van der Waals surface area contributed by atoms with Gasteiger partial charge in [0, 0.05) is 11.8 Å². The monoisotopic (exact) mass is 441 g/mol. The van der Waals surface area contributed by atoms with Gasteiger partial charge in [-0.2, -0.15) is 5.10 Å². The summed E-state index contributed by atoms with van der Waals surface area (Å²) < 4.78 is 1.82. The van der Waals surface area contributed by atoms with Crippen molar-refractivity contribution in [1.29, 1.82) is 0 Å². The molecule has 2 aliphatic rings. The van der Waals surface area contributed by atoms with Crippen LogP contribution in [0.2, 0.25) is 0 Å². The molecule has 0 saturated heterocycles. The fraction of sp³-hybridized carbons (Fsp3) is 0.0952. The van der Waals surface area contributed by atoms with E-state index in [4.69, 9.17) is 44.9 Å². The third-order valence-corrected chi connectivity index (χ3v) is 5.95. The number of fused-ring (bicyclic) bond motifs is 2. The maximum absolute atomic E-state index is 6.63. The van der Waals surface area contributed by atoms with E-state index in [2.05, 4.69) is 4.98 Å². The molecule has 0 amide bonds. The van der Waals surface area contributed by atoms with Crippen LogP contribution in [-0.4, -0.2) is 25.5 Å². The number of pyridine rings is 1. The van der Waals surface area contributed by atoms with Crippen LogP contribution in [0.1, 0.15) is 23.0 Å². The number of para-hydroxylation sites is 1. The number of benzene rings is 1. The first-order chi connectivity index (χ1) is 14.1. The van der Waals surface area contributed by atoms with Gasteiger partial charge in [0.05, 0.1) is 27.1 Å². The molecule has 0 radical (unpaired) electrons. The summed E-state index contributed by atoms with van der Waals surface area (Å²) in [5.74, 6) is 1.21. The molecule has 144 valence electrons. The Morgan fingerprint density at radius 3 is 2.45 bits per heavy atom. The number of aryl methyl sites for hydroxylation is 1. The second kappa shape index (κ2) is 7.02. The first-order valence-corrected chi connectivity index (χ1v) is 10.1. The first-order valence-electron chi connectivity index (χ1n) is 8.93. The number of halogens is 3. The molecule has 0 fully saturated rings. The zero-order valence-corrected chi connectivity index (χ0v) is 17.5. The topological polar surface area (TPSA) is 46.3 Å². The highest BCUT2D eigenvalue weighted by Crippen LogP contribution is 2.47. The van der Waals surface area contributed by atoms with Crippen molar-refractivity contribution < 1.29 is 0 Å². The number of amidine groups is 1. The number of allylic oxidation sites excluding steroid dienone is 2. The largest absolute Gasteiger partial charge is 0.301 e. The van der Waals surface area contributed by atoms with E-state index < -0.39 is 0 Å². The van der Waals surface area contributed by atoms with E-state index in [0.29, 0.717) is 26.9 Å². The SMILES string of the molecule is Cc1nn(-c2ccccc2)c2c1C(c1ccccn1)N1C(=N2)C(Cl)=CC(Cl)=C1Cl. The average molecular weight is 443 g/mol. The van der Waals surface area contributed by atoms with Crippen molar-refractivity contribution in [3.05, 3.63) is 93.0 Å². The van der Waals surface area contributed by atoms with Crippen LogP contribution in [0.4, 0.5) is 5.82 Å². The molecule has 0 spiro atoms. The summed E-state index contributed by atoms with van der Waals surface area (Å²) >= 11 is 19.5. The van der Waals surface area contributed by atoms with E-state index >= 15 is 0 Å². The molecule has 29 heavy (non-hydrogen) atoms. The van der Waals surface area contributed by atoms with Crippen molar-refractivity contribution in [2.45, 2.75) is 13.0 Å². The van der Waals surface area contributed by atoms with Gasteiger partial charge in [0.1, 0.15) is 11.2 Å². The Kier molecular flexibility index (Phi) is 4.46. The molecule has 5 nitrogen and oxygen atoms in total. The fourth-order valence-electron chi connectivity index (χ4n) is 3.65. The van der Waals surface area contributed by atoms with Crippen LogP contribution in [0, 0.1) is 6.92 Å². The summed E-state index contributed by atoms with van der Waals surface area (Å²) in [5, 5.41) is 5.88. The Bertz CT molecular complexity index is 1200. The van der Waals surface area contributed by atoms with Crippen LogP contribution in [0.3, 0.4) is 0 Å². The lowest BCUT2D eigenvalue weighted by Gasteiger charge is -2.38. The molecule has 0 aliphatic carbocycles. The van der Waals surface area contributed by atoms with Crippen LogP contribution in [0.5, 0.6) is 0 Å². The minimum atomic E-state index is -0.361. The molecule has 5 rings (SSSR count). The minimum absolute atomic E-state index is 0.350. The summed E-state index contributed by atoms with van der Waals surface area (Å²) in [4.78, 5) is 11.2. The van der Waals surface area contributed by atoms with Crippen LogP contribution in [0.15, 0.2) is 81.0 Å². The fourth-order valence-corrected chi connectivity index (χ4v) is 4.38. The second-order valence-corrected chi connectivity index (χ2v) is 7.84. The highest BCUT2D eigenvalue weighted by molar-refractivity contribution is 6.49. The Hall–Kier alpha value is -2.60. The number of aromatic nitrogens is 3. The van der Waals surface area contributed by atoms with E-state index in [-0.39, 0.29) is 6.04 Å². The molecule has 1 atom stereocenters. The van der Waals surface area contributed by atoms with Gasteiger partial charge >= 0.3 is 0 Å². The van der Waals surface area contributed by atoms with Gasteiger partial charge in [0.2, 0.25) is 0 Å². The average Bonchev–Trinajstić information content (AvgIpc) is 3.08. The molecule has 0 N–H and O–H groups in total. The Labute approximate surface area is 182 Å². The minimum Gasteiger partial charge on any atom is -0.301 e. The van der Waals surface area contributed by atoms with Gasteiger partial charge in [-0.15, -0.1) is 0 Å². The Morgan fingerprint density at radius 2 is 1.72 bits per heavy atom. The van der Waals surface area contributed by atoms with Gasteiger partial charge in [0.15, 0.2) is 11.7 Å². The quantitative estimate of drug-likeness (QED) is 0.472. The van der Waals surface area contributed by atoms with E-state index in [1.54, 1.807) is 12.3 Å². The number of hydrogen-bond donors (Lipinski definition) is 0. The van der Waals surface area contributed by atoms with E-state index in [1.807, 2.05) is 65.0 Å². The molecule has 0 bridgehead atoms. The highest BCUT2D eigenvalue weighted by Gasteiger charge is 2.41. The van der Waals surface area contributed by atoms with E-state index in [1.165, 1.54) is 0 Å². The number of rotatable bonds is 2. The van der Waals surface area contributed by atoms with Gasteiger partial charge < -0.3 is 4.90 Å². The first kappa shape index (κ1) is 18.4. The van der Waals surface area contributed by atoms with Crippen molar-refractivity contribution in [3.63, 3.8) is 0 Å². The van der Waals surface area contributed by atoms with Crippen molar-refractivity contribution in [2.75, 3.05) is 0 Å². The van der Waals surface area contributed by atoms with Crippen molar-refractivity contribution >= 4 is 46.5 Å². The Morgan fingerprint density at radius 1 is 0.966 bits per heavy atom. The smallest absolute Gasteiger partial charge is 0.164 e. The predicted octanol–water partition coefficient (Wildman–Crippen LogP) is 5.79. The Balaban J connectivity index is 1.82. The summed E-state index contributed by atoms with van der Waals surface area (Å²) in [7, 11) is 0. The normalized spacial score (nSPS) is 18.2. The predicted molar refractivity (Wildman–Crippen MR) is 116 cm³/mol. The van der Waals surface area contributed by atoms with Crippen molar-refractivity contribution in [2.24, 2.45) is 4.99 Å². The van der Waals surface area contributed by atoms with Crippen LogP contribution >= 0.6 is 34.8 Å². The molecule has 8 heteroatoms. The molecule has 2 aromatic heterocycles. The second-order valence-electron chi connectivity index (χ2n) is 6.66. The van der Waals surface area contributed by atoms with Crippen LogP contribution < -0.4 is 0 Å². The summed E-state index contributed by atoms with van der Waals surface area (Å²) in [6.07, 6.45) is 3.36. The third-order valence-electron chi connectivity index (χ3n) is 4.90. The third kappa shape index (κ3) is 2.89. The van der Waals surface area contributed by atoms with Crippen LogP contribution in [-0.2, 0) is 0 Å². The molecular weight excluding hydrogens is 429 g/mol. The van der Waals surface area contributed by atoms with E-state index in [0.717, 1.165) is 22.6 Å². The number of nitrogens with zero attached hydrogens (tertiary/aromatic N) is 5. The summed E-state index contributed by atoms with van der Waals surface area (Å²) in [5.41, 5.74) is 3.44. The zero-order chi connectivity index (χ0) is 20.1. The van der Waals surface area contributed by atoms with Crippen molar-refractivity contribution in [3.8, 4) is 5.69 Å². The number of hydrogen-bond acceptors (Lipinski definition) is 4. The molecule has 1 unspecified atom stereocenters.